The van der Waals surface area contributed by atoms with E-state index < -0.39 is 50.5 Å². The molecule has 27 heavy (non-hydrogen) atoms. The number of halogens is 4. The Hall–Kier alpha value is -2.15. The van der Waals surface area contributed by atoms with Gasteiger partial charge in [0.15, 0.2) is 11.3 Å². The molecule has 148 valence electrons. The zero-order valence-corrected chi connectivity index (χ0v) is 15.1. The lowest BCUT2D eigenvalue weighted by atomic mass is 9.93. The fourth-order valence-electron chi connectivity index (χ4n) is 2.25. The molecular weight excluding hydrogens is 415 g/mol. The van der Waals surface area contributed by atoms with Gasteiger partial charge in [0.2, 0.25) is 10.0 Å². The van der Waals surface area contributed by atoms with Gasteiger partial charge in [-0.05, 0) is 17.7 Å². The highest BCUT2D eigenvalue weighted by Crippen LogP contribution is 2.39. The highest BCUT2D eigenvalue weighted by atomic mass is 35.5. The van der Waals surface area contributed by atoms with E-state index in [1.165, 1.54) is 6.07 Å². The van der Waals surface area contributed by atoms with Crippen molar-refractivity contribution in [3.63, 3.8) is 0 Å². The van der Waals surface area contributed by atoms with E-state index in [-0.39, 0.29) is 5.02 Å². The Morgan fingerprint density at radius 3 is 2.52 bits per heavy atom. The van der Waals surface area contributed by atoms with Gasteiger partial charge in [-0.3, -0.25) is 4.68 Å². The molecule has 0 aliphatic carbocycles. The molecule has 1 atom stereocenters. The number of carboxylic acids is 1. The average molecular weight is 428 g/mol. The number of aromatic carboxylic acids is 1. The number of nitrogens with zero attached hydrogens (tertiary/aromatic N) is 2. The Balaban J connectivity index is 2.42. The minimum Gasteiger partial charge on any atom is -0.476 e. The number of hydrogen-bond donors (Lipinski definition) is 3. The van der Waals surface area contributed by atoms with E-state index >= 15 is 0 Å². The first-order valence-corrected chi connectivity index (χ1v) is 8.96. The lowest BCUT2D eigenvalue weighted by Gasteiger charge is -2.31. The first-order valence-electron chi connectivity index (χ1n) is 7.10. The molecule has 0 fully saturated rings. The number of nitrogens with one attached hydrogen (secondary N) is 1. The van der Waals surface area contributed by atoms with Gasteiger partial charge < -0.3 is 10.2 Å². The molecule has 8 nitrogen and oxygen atoms in total. The van der Waals surface area contributed by atoms with Gasteiger partial charge in [-0.15, -0.1) is 0 Å². The summed E-state index contributed by atoms with van der Waals surface area (Å²) in [5.74, 6) is -1.64. The van der Waals surface area contributed by atoms with Crippen LogP contribution in [-0.2, 0) is 22.7 Å². The van der Waals surface area contributed by atoms with Crippen molar-refractivity contribution in [1.29, 1.82) is 0 Å². The highest BCUT2D eigenvalue weighted by Gasteiger charge is 2.55. The van der Waals surface area contributed by atoms with Gasteiger partial charge in [0.25, 0.3) is 0 Å². The van der Waals surface area contributed by atoms with E-state index in [0.717, 1.165) is 29.9 Å². The Bertz CT molecular complexity index is 977. The Morgan fingerprint density at radius 1 is 1.37 bits per heavy atom. The molecule has 0 aliphatic rings. The number of hydrogen-bond acceptors (Lipinski definition) is 5. The van der Waals surface area contributed by atoms with Crippen LogP contribution >= 0.6 is 11.6 Å². The number of sulfonamides is 1. The fourth-order valence-corrected chi connectivity index (χ4v) is 3.65. The van der Waals surface area contributed by atoms with Crippen molar-refractivity contribution in [3.8, 4) is 0 Å². The zero-order valence-electron chi connectivity index (χ0n) is 13.5. The number of aromatic nitrogens is 2. The lowest BCUT2D eigenvalue weighted by Crippen LogP contribution is -2.51. The third-order valence-corrected chi connectivity index (χ3v) is 5.32. The predicted octanol–water partition coefficient (Wildman–Crippen LogP) is 1.50. The first kappa shape index (κ1) is 21.2. The summed E-state index contributed by atoms with van der Waals surface area (Å²) in [4.78, 5) is 10.3. The van der Waals surface area contributed by atoms with Crippen molar-refractivity contribution in [2.75, 3.05) is 6.54 Å². The maximum absolute atomic E-state index is 13.5. The first-order chi connectivity index (χ1) is 12.3. The third kappa shape index (κ3) is 4.08. The fraction of sp³-hybridized carbons (Fsp3) is 0.286. The molecule has 0 saturated heterocycles. The molecule has 2 aromatic rings. The van der Waals surface area contributed by atoms with Gasteiger partial charge in [-0.25, -0.2) is 17.9 Å². The maximum Gasteiger partial charge on any atom is 0.422 e. The van der Waals surface area contributed by atoms with Crippen molar-refractivity contribution in [3.05, 3.63) is 46.7 Å². The highest BCUT2D eigenvalue weighted by molar-refractivity contribution is 7.89. The lowest BCUT2D eigenvalue weighted by molar-refractivity contribution is -0.263. The second-order valence-electron chi connectivity index (χ2n) is 5.48. The molecule has 0 saturated carbocycles. The molecule has 1 aromatic carbocycles. The van der Waals surface area contributed by atoms with Gasteiger partial charge in [0.1, 0.15) is 4.90 Å². The van der Waals surface area contributed by atoms with Gasteiger partial charge in [-0.1, -0.05) is 23.7 Å². The molecule has 0 aliphatic heterocycles. The molecule has 1 aromatic heterocycles. The second-order valence-corrected chi connectivity index (χ2v) is 7.65. The van der Waals surface area contributed by atoms with E-state index in [4.69, 9.17) is 16.7 Å². The number of carboxylic acid groups (broad SMARTS) is 1. The summed E-state index contributed by atoms with van der Waals surface area (Å²) in [7, 11) is -3.58. The number of benzene rings is 1. The molecule has 0 amide bonds. The van der Waals surface area contributed by atoms with Crippen molar-refractivity contribution >= 4 is 27.6 Å². The van der Waals surface area contributed by atoms with Crippen molar-refractivity contribution < 1.29 is 36.6 Å². The van der Waals surface area contributed by atoms with Crippen molar-refractivity contribution in [2.45, 2.75) is 16.7 Å². The van der Waals surface area contributed by atoms with Crippen LogP contribution in [0.15, 0.2) is 35.4 Å². The summed E-state index contributed by atoms with van der Waals surface area (Å²) < 4.78 is 67.4. The maximum atomic E-state index is 13.5. The van der Waals surface area contributed by atoms with E-state index in [0.29, 0.717) is 6.20 Å². The standard InChI is InChI=1S/C14H13ClF3N3O5S/c1-21-11(12(22)23)10(6-19-21)27(25,26)20-7-13(24,14(16,17)18)8-3-2-4-9(15)5-8/h2-6,20,24H,7H2,1H3,(H,22,23). The summed E-state index contributed by atoms with van der Waals surface area (Å²) >= 11 is 5.65. The molecule has 0 radical (unpaired) electrons. The number of aliphatic hydroxyl groups is 1. The smallest absolute Gasteiger partial charge is 0.422 e. The van der Waals surface area contributed by atoms with Crippen LogP contribution in [0.5, 0.6) is 0 Å². The van der Waals surface area contributed by atoms with Crippen molar-refractivity contribution in [1.82, 2.24) is 14.5 Å². The van der Waals surface area contributed by atoms with Crippen LogP contribution in [0.4, 0.5) is 13.2 Å². The van der Waals surface area contributed by atoms with Gasteiger partial charge in [0.05, 0.1) is 12.7 Å². The van der Waals surface area contributed by atoms with E-state index in [1.54, 1.807) is 4.72 Å². The summed E-state index contributed by atoms with van der Waals surface area (Å²) in [6, 6.07) is 4.21. The van der Waals surface area contributed by atoms with Crippen molar-refractivity contribution in [2.24, 2.45) is 7.05 Å². The normalized spacial score (nSPS) is 14.7. The molecular formula is C14H13ClF3N3O5S. The summed E-state index contributed by atoms with van der Waals surface area (Å²) in [6.07, 6.45) is -4.58. The molecule has 1 heterocycles. The Morgan fingerprint density at radius 2 is 2.00 bits per heavy atom. The van der Waals surface area contributed by atoms with Crippen LogP contribution in [0.1, 0.15) is 16.1 Å². The summed E-state index contributed by atoms with van der Waals surface area (Å²) in [5, 5.41) is 22.6. The minimum atomic E-state index is -5.26. The second kappa shape index (κ2) is 7.11. The summed E-state index contributed by atoms with van der Waals surface area (Å²) in [5.41, 5.74) is -5.04. The van der Waals surface area contributed by atoms with Crippen LogP contribution in [0, 0.1) is 0 Å². The third-order valence-electron chi connectivity index (χ3n) is 3.69. The molecule has 13 heteroatoms. The SMILES string of the molecule is Cn1ncc(S(=O)(=O)NCC(O)(c2cccc(Cl)c2)C(F)(F)F)c1C(=O)O. The Labute approximate surface area is 156 Å². The number of alkyl halides is 3. The largest absolute Gasteiger partial charge is 0.476 e. The van der Waals surface area contributed by atoms with Gasteiger partial charge in [0, 0.05) is 12.1 Å². The number of aryl methyl sites for hydroxylation is 1. The average Bonchev–Trinajstić information content (AvgIpc) is 2.94. The number of rotatable bonds is 6. The quantitative estimate of drug-likeness (QED) is 0.642. The van der Waals surface area contributed by atoms with Crippen LogP contribution in [0.2, 0.25) is 5.02 Å². The summed E-state index contributed by atoms with van der Waals surface area (Å²) in [6.45, 7) is -1.51. The van der Waals surface area contributed by atoms with Crippen LogP contribution in [-0.4, -0.2) is 47.1 Å². The Kier molecular flexibility index (Phi) is 5.57. The van der Waals surface area contributed by atoms with E-state index in [2.05, 4.69) is 5.10 Å². The molecule has 0 spiro atoms. The molecule has 2 rings (SSSR count). The van der Waals surface area contributed by atoms with Gasteiger partial charge >= 0.3 is 12.1 Å². The van der Waals surface area contributed by atoms with E-state index in [1.807, 2.05) is 0 Å². The molecule has 0 bridgehead atoms. The monoisotopic (exact) mass is 427 g/mol. The van der Waals surface area contributed by atoms with Crippen LogP contribution in [0.25, 0.3) is 0 Å². The molecule has 3 N–H and O–H groups in total. The molecule has 1 unspecified atom stereocenters. The minimum absolute atomic E-state index is 0.0987. The van der Waals surface area contributed by atoms with Gasteiger partial charge in [-0.2, -0.15) is 18.3 Å². The predicted molar refractivity (Wildman–Crippen MR) is 86.8 cm³/mol. The zero-order chi connectivity index (χ0) is 20.6. The van der Waals surface area contributed by atoms with Crippen LogP contribution < -0.4 is 4.72 Å². The number of carbonyl (C=O) groups is 1. The van der Waals surface area contributed by atoms with E-state index in [9.17, 15) is 31.5 Å². The topological polar surface area (TPSA) is 122 Å². The van der Waals surface area contributed by atoms with Crippen LogP contribution in [0.3, 0.4) is 0 Å².